The van der Waals surface area contributed by atoms with Gasteiger partial charge in [0.2, 0.25) is 5.91 Å². The van der Waals surface area contributed by atoms with E-state index in [-0.39, 0.29) is 31.3 Å². The van der Waals surface area contributed by atoms with E-state index in [0.29, 0.717) is 41.4 Å². The standard InChI is InChI=1S/C34H34N4O5/c35-33-30(15-9-18-36-33)43-19-8-7-10-24-16-17-28-27(20-24)34(42)38(29(21-32(40)41)26-13-5-2-6-14-26)23-31(39)37(28)22-25-11-3-1-4-12-25/h1-6,9,11-18,20,29H,7-8,10,19,21-23H2,(H2,35,36)(H,40,41). The van der Waals surface area contributed by atoms with Gasteiger partial charge < -0.3 is 25.4 Å². The number of benzene rings is 3. The van der Waals surface area contributed by atoms with Crippen molar-refractivity contribution in [2.45, 2.75) is 38.3 Å². The molecule has 2 heterocycles. The minimum absolute atomic E-state index is 0.239. The van der Waals surface area contributed by atoms with Crippen LogP contribution in [0.3, 0.4) is 0 Å². The molecule has 3 aromatic carbocycles. The average molecular weight is 579 g/mol. The molecule has 1 unspecified atom stereocenters. The second-order valence-corrected chi connectivity index (χ2v) is 10.5. The van der Waals surface area contributed by atoms with E-state index >= 15 is 0 Å². The summed E-state index contributed by atoms with van der Waals surface area (Å²) in [6.45, 7) is 0.523. The molecule has 1 atom stereocenters. The summed E-state index contributed by atoms with van der Waals surface area (Å²) >= 11 is 0. The quantitative estimate of drug-likeness (QED) is 0.219. The van der Waals surface area contributed by atoms with E-state index in [1.807, 2.05) is 54.6 Å². The molecule has 1 aromatic heterocycles. The largest absolute Gasteiger partial charge is 0.490 e. The molecule has 0 spiro atoms. The number of pyridine rings is 1. The number of fused-ring (bicyclic) bond motifs is 1. The molecule has 0 fully saturated rings. The molecule has 9 heteroatoms. The fourth-order valence-electron chi connectivity index (χ4n) is 5.32. The second kappa shape index (κ2) is 13.7. The third-order valence-corrected chi connectivity index (χ3v) is 7.48. The smallest absolute Gasteiger partial charge is 0.305 e. The summed E-state index contributed by atoms with van der Waals surface area (Å²) in [6.07, 6.45) is 3.55. The van der Waals surface area contributed by atoms with Crippen molar-refractivity contribution in [2.75, 3.05) is 23.8 Å². The number of carbonyl (C=O) groups excluding carboxylic acids is 2. The van der Waals surface area contributed by atoms with E-state index in [0.717, 1.165) is 24.0 Å². The predicted octanol–water partition coefficient (Wildman–Crippen LogP) is 5.27. The Hall–Kier alpha value is -5.18. The van der Waals surface area contributed by atoms with Crippen molar-refractivity contribution in [2.24, 2.45) is 0 Å². The number of nitrogen functional groups attached to an aromatic ring is 1. The lowest BCUT2D eigenvalue weighted by atomic mass is 9.99. The number of hydrogen-bond acceptors (Lipinski definition) is 6. The zero-order valence-electron chi connectivity index (χ0n) is 23.8. The third-order valence-electron chi connectivity index (χ3n) is 7.48. The lowest BCUT2D eigenvalue weighted by Crippen LogP contribution is -2.41. The number of nitrogens with zero attached hydrogens (tertiary/aromatic N) is 3. The first-order valence-corrected chi connectivity index (χ1v) is 14.3. The van der Waals surface area contributed by atoms with Gasteiger partial charge in [-0.1, -0.05) is 66.7 Å². The number of anilines is 2. The lowest BCUT2D eigenvalue weighted by molar-refractivity contribution is -0.138. The van der Waals surface area contributed by atoms with Crippen LogP contribution in [0.5, 0.6) is 5.75 Å². The topological polar surface area (TPSA) is 126 Å². The second-order valence-electron chi connectivity index (χ2n) is 10.5. The Morgan fingerprint density at radius 1 is 0.930 bits per heavy atom. The van der Waals surface area contributed by atoms with E-state index in [2.05, 4.69) is 4.98 Å². The van der Waals surface area contributed by atoms with Crippen LogP contribution >= 0.6 is 0 Å². The summed E-state index contributed by atoms with van der Waals surface area (Å²) in [6, 6.07) is 27.0. The molecule has 3 N–H and O–H groups in total. The van der Waals surface area contributed by atoms with Crippen molar-refractivity contribution in [1.29, 1.82) is 0 Å². The molecule has 220 valence electrons. The number of nitrogens with two attached hydrogens (primary N) is 1. The van der Waals surface area contributed by atoms with Gasteiger partial charge in [-0.3, -0.25) is 14.4 Å². The minimum Gasteiger partial charge on any atom is -0.490 e. The van der Waals surface area contributed by atoms with Gasteiger partial charge in [0.15, 0.2) is 11.6 Å². The number of carboxylic acids is 1. The number of amides is 2. The first-order valence-electron chi connectivity index (χ1n) is 14.3. The molecule has 1 aliphatic heterocycles. The zero-order valence-corrected chi connectivity index (χ0v) is 23.8. The lowest BCUT2D eigenvalue weighted by Gasteiger charge is -2.30. The normalized spacial score (nSPS) is 13.8. The molecule has 0 saturated carbocycles. The molecule has 0 radical (unpaired) electrons. The van der Waals surface area contributed by atoms with Crippen molar-refractivity contribution in [3.8, 4) is 5.75 Å². The van der Waals surface area contributed by atoms with E-state index in [4.69, 9.17) is 10.5 Å². The summed E-state index contributed by atoms with van der Waals surface area (Å²) in [7, 11) is 0. The highest BCUT2D eigenvalue weighted by Crippen LogP contribution is 2.34. The molecule has 0 aliphatic carbocycles. The molecule has 5 rings (SSSR count). The van der Waals surface area contributed by atoms with Gasteiger partial charge in [-0.25, -0.2) is 4.98 Å². The van der Waals surface area contributed by atoms with Crippen molar-refractivity contribution < 1.29 is 24.2 Å². The summed E-state index contributed by atoms with van der Waals surface area (Å²) < 4.78 is 5.76. The highest BCUT2D eigenvalue weighted by Gasteiger charge is 2.37. The van der Waals surface area contributed by atoms with Gasteiger partial charge in [0.25, 0.3) is 5.91 Å². The molecular formula is C34H34N4O5. The molecular weight excluding hydrogens is 544 g/mol. The Morgan fingerprint density at radius 2 is 1.67 bits per heavy atom. The summed E-state index contributed by atoms with van der Waals surface area (Å²) in [5.41, 5.74) is 9.27. The van der Waals surface area contributed by atoms with Gasteiger partial charge >= 0.3 is 5.97 Å². The van der Waals surface area contributed by atoms with Gasteiger partial charge in [-0.05, 0) is 60.2 Å². The third kappa shape index (κ3) is 7.19. The summed E-state index contributed by atoms with van der Waals surface area (Å²) in [4.78, 5) is 47.0. The predicted molar refractivity (Wildman–Crippen MR) is 164 cm³/mol. The van der Waals surface area contributed by atoms with Crippen LogP contribution in [0.2, 0.25) is 0 Å². The Kier molecular flexibility index (Phi) is 9.31. The van der Waals surface area contributed by atoms with E-state index in [1.165, 1.54) is 4.90 Å². The fraction of sp³-hybridized carbons (Fsp3) is 0.235. The van der Waals surface area contributed by atoms with Crippen LogP contribution in [0.1, 0.15) is 52.4 Å². The maximum atomic E-state index is 14.2. The maximum absolute atomic E-state index is 14.2. The molecule has 1 aliphatic rings. The molecule has 0 saturated heterocycles. The number of aliphatic carboxylic acids is 1. The average Bonchev–Trinajstić information content (AvgIpc) is 3.11. The van der Waals surface area contributed by atoms with E-state index in [9.17, 15) is 19.5 Å². The number of ether oxygens (including phenoxy) is 1. The number of rotatable bonds is 12. The highest BCUT2D eigenvalue weighted by molar-refractivity contribution is 6.10. The van der Waals surface area contributed by atoms with E-state index < -0.39 is 12.0 Å². The maximum Gasteiger partial charge on any atom is 0.305 e. The van der Waals surface area contributed by atoms with Crippen LogP contribution in [0.15, 0.2) is 97.2 Å². The van der Waals surface area contributed by atoms with Gasteiger partial charge in [-0.15, -0.1) is 0 Å². The number of aryl methyl sites for hydroxylation is 1. The van der Waals surface area contributed by atoms with Crippen molar-refractivity contribution in [1.82, 2.24) is 9.88 Å². The summed E-state index contributed by atoms with van der Waals surface area (Å²) in [5, 5.41) is 9.76. The van der Waals surface area contributed by atoms with Crippen LogP contribution < -0.4 is 15.4 Å². The van der Waals surface area contributed by atoms with Crippen molar-refractivity contribution in [3.05, 3.63) is 119 Å². The molecule has 4 aromatic rings. The summed E-state index contributed by atoms with van der Waals surface area (Å²) in [5.74, 6) is -0.796. The van der Waals surface area contributed by atoms with Crippen LogP contribution in [-0.2, 0) is 22.6 Å². The SMILES string of the molecule is Nc1ncccc1OCCCCc1ccc2c(c1)C(=O)N(C(CC(=O)O)c1ccccc1)CC(=O)N2Cc1ccccc1. The molecule has 9 nitrogen and oxygen atoms in total. The first-order chi connectivity index (χ1) is 20.9. The monoisotopic (exact) mass is 578 g/mol. The Labute approximate surface area is 250 Å². The van der Waals surface area contributed by atoms with Crippen LogP contribution in [-0.4, -0.2) is 45.9 Å². The van der Waals surface area contributed by atoms with Gasteiger partial charge in [-0.2, -0.15) is 0 Å². The van der Waals surface area contributed by atoms with Gasteiger partial charge in [0, 0.05) is 6.20 Å². The molecule has 0 bridgehead atoms. The van der Waals surface area contributed by atoms with Crippen molar-refractivity contribution >= 4 is 29.3 Å². The van der Waals surface area contributed by atoms with Gasteiger partial charge in [0.05, 0.1) is 36.9 Å². The van der Waals surface area contributed by atoms with Crippen LogP contribution in [0.4, 0.5) is 11.5 Å². The molecule has 2 amide bonds. The number of hydrogen-bond donors (Lipinski definition) is 2. The van der Waals surface area contributed by atoms with Crippen molar-refractivity contribution in [3.63, 3.8) is 0 Å². The Morgan fingerprint density at radius 3 is 2.40 bits per heavy atom. The number of carbonyl (C=O) groups is 3. The first kappa shape index (κ1) is 29.3. The number of unbranched alkanes of at least 4 members (excludes halogenated alkanes) is 1. The highest BCUT2D eigenvalue weighted by atomic mass is 16.5. The Bertz CT molecular complexity index is 1580. The van der Waals surface area contributed by atoms with Crippen LogP contribution in [0.25, 0.3) is 0 Å². The van der Waals surface area contributed by atoms with Gasteiger partial charge in [0.1, 0.15) is 6.54 Å². The number of aromatic nitrogens is 1. The van der Waals surface area contributed by atoms with E-state index in [1.54, 1.807) is 47.5 Å². The van der Waals surface area contributed by atoms with Crippen LogP contribution in [0, 0.1) is 0 Å². The zero-order chi connectivity index (χ0) is 30.2. The fourth-order valence-corrected chi connectivity index (χ4v) is 5.32. The number of carboxylic acid groups (broad SMARTS) is 1. The molecule has 43 heavy (non-hydrogen) atoms. The minimum atomic E-state index is -1.05. The Balaban J connectivity index is 1.42.